The lowest BCUT2D eigenvalue weighted by Gasteiger charge is -2.49. The highest BCUT2D eigenvalue weighted by molar-refractivity contribution is 6.08. The van der Waals surface area contributed by atoms with E-state index in [2.05, 4.69) is 15.3 Å². The minimum absolute atomic E-state index is 0.0632. The van der Waals surface area contributed by atoms with E-state index < -0.39 is 5.54 Å². The second kappa shape index (κ2) is 8.28. The normalized spacial score (nSPS) is 17.1. The second-order valence-corrected chi connectivity index (χ2v) is 8.81. The molecule has 2 aliphatic rings. The standard InChI is InChI=1S/C24H29N7O3/c1-15-13-31(14-25-15)18-7-6-17(12-19(18)33-5)27-23-26-16(2)20-21(28-23)30(4)24(22(32)29(20)3)8-10-34-11-9-24/h6-7,12-14H,8-11H2,1-5H3,(H,26,27,28). The topological polar surface area (TPSA) is 97.6 Å². The number of imidazole rings is 1. The Morgan fingerprint density at radius 2 is 1.91 bits per heavy atom. The molecular formula is C24H29N7O3. The molecule has 1 aromatic carbocycles. The van der Waals surface area contributed by atoms with Crippen LogP contribution in [-0.2, 0) is 9.53 Å². The Balaban J connectivity index is 1.50. The predicted molar refractivity (Wildman–Crippen MR) is 130 cm³/mol. The van der Waals surface area contributed by atoms with Crippen molar-refractivity contribution >= 4 is 29.0 Å². The molecule has 0 radical (unpaired) electrons. The zero-order chi connectivity index (χ0) is 24.0. The number of carbonyl (C=O) groups excluding carboxylic acids is 1. The van der Waals surface area contributed by atoms with E-state index in [1.54, 1.807) is 25.4 Å². The molecule has 4 heterocycles. The van der Waals surface area contributed by atoms with Gasteiger partial charge in [0.15, 0.2) is 5.82 Å². The van der Waals surface area contributed by atoms with E-state index in [0.717, 1.165) is 34.3 Å². The molecule has 0 unspecified atom stereocenters. The van der Waals surface area contributed by atoms with Crippen LogP contribution in [0.2, 0.25) is 0 Å². The lowest BCUT2D eigenvalue weighted by molar-refractivity contribution is -0.127. The SMILES string of the molecule is COc1cc(Nc2nc(C)c3c(n2)N(C)C2(CCOCC2)C(=O)N3C)ccc1-n1cnc(C)c1. The minimum Gasteiger partial charge on any atom is -0.494 e. The highest BCUT2D eigenvalue weighted by Crippen LogP contribution is 2.43. The van der Waals surface area contributed by atoms with Gasteiger partial charge in [0.25, 0.3) is 5.91 Å². The molecule has 3 aromatic rings. The molecule has 0 aliphatic carbocycles. The van der Waals surface area contributed by atoms with Crippen LogP contribution >= 0.6 is 0 Å². The summed E-state index contributed by atoms with van der Waals surface area (Å²) in [6, 6.07) is 5.82. The van der Waals surface area contributed by atoms with E-state index in [4.69, 9.17) is 14.5 Å². The Kier molecular flexibility index (Phi) is 5.40. The number of hydrogen-bond donors (Lipinski definition) is 1. The van der Waals surface area contributed by atoms with Crippen molar-refractivity contribution in [2.45, 2.75) is 32.2 Å². The summed E-state index contributed by atoms with van der Waals surface area (Å²) in [5, 5.41) is 3.31. The molecule has 2 aliphatic heterocycles. The number of rotatable bonds is 4. The average molecular weight is 464 g/mol. The molecule has 10 nitrogen and oxygen atoms in total. The predicted octanol–water partition coefficient (Wildman–Crippen LogP) is 2.99. The fourth-order valence-corrected chi connectivity index (χ4v) is 4.90. The minimum atomic E-state index is -0.647. The summed E-state index contributed by atoms with van der Waals surface area (Å²) in [5.41, 5.74) is 3.43. The Morgan fingerprint density at radius 3 is 2.59 bits per heavy atom. The van der Waals surface area contributed by atoms with Gasteiger partial charge in [-0.2, -0.15) is 4.98 Å². The molecule has 1 N–H and O–H groups in total. The van der Waals surface area contributed by atoms with Crippen molar-refractivity contribution in [1.29, 1.82) is 0 Å². The number of nitrogens with one attached hydrogen (secondary N) is 1. The number of amides is 1. The maximum atomic E-state index is 13.4. The fourth-order valence-electron chi connectivity index (χ4n) is 4.90. The Hall–Kier alpha value is -3.66. The molecular weight excluding hydrogens is 434 g/mol. The number of aromatic nitrogens is 4. The number of methoxy groups -OCH3 is 1. The van der Waals surface area contributed by atoms with Gasteiger partial charge in [-0.05, 0) is 26.0 Å². The number of hydrogen-bond acceptors (Lipinski definition) is 8. The summed E-state index contributed by atoms with van der Waals surface area (Å²) >= 11 is 0. The van der Waals surface area contributed by atoms with Gasteiger partial charge in [0.05, 0.1) is 30.5 Å². The monoisotopic (exact) mass is 463 g/mol. The van der Waals surface area contributed by atoms with E-state index >= 15 is 0 Å². The summed E-state index contributed by atoms with van der Waals surface area (Å²) in [6.45, 7) is 4.95. The number of ether oxygens (including phenoxy) is 2. The van der Waals surface area contributed by atoms with Crippen LogP contribution in [0, 0.1) is 13.8 Å². The number of benzene rings is 1. The van der Waals surface area contributed by atoms with Gasteiger partial charge in [-0.1, -0.05) is 0 Å². The highest BCUT2D eigenvalue weighted by atomic mass is 16.5. The Morgan fingerprint density at radius 1 is 1.15 bits per heavy atom. The van der Waals surface area contributed by atoms with Crippen LogP contribution in [0.5, 0.6) is 5.75 Å². The molecule has 1 fully saturated rings. The molecule has 2 aromatic heterocycles. The quantitative estimate of drug-likeness (QED) is 0.631. The van der Waals surface area contributed by atoms with Crippen molar-refractivity contribution < 1.29 is 14.3 Å². The average Bonchev–Trinajstić information content (AvgIpc) is 3.27. The lowest BCUT2D eigenvalue weighted by Crippen LogP contribution is -2.64. The first kappa shape index (κ1) is 22.1. The van der Waals surface area contributed by atoms with Crippen molar-refractivity contribution in [3.05, 3.63) is 42.1 Å². The van der Waals surface area contributed by atoms with Crippen LogP contribution in [0.4, 0.5) is 23.1 Å². The maximum absolute atomic E-state index is 13.4. The van der Waals surface area contributed by atoms with Crippen molar-refractivity contribution in [2.24, 2.45) is 0 Å². The molecule has 5 rings (SSSR count). The number of anilines is 4. The highest BCUT2D eigenvalue weighted by Gasteiger charge is 2.51. The van der Waals surface area contributed by atoms with Gasteiger partial charge in [-0.15, -0.1) is 0 Å². The van der Waals surface area contributed by atoms with Crippen molar-refractivity contribution in [1.82, 2.24) is 19.5 Å². The zero-order valence-electron chi connectivity index (χ0n) is 20.1. The van der Waals surface area contributed by atoms with Gasteiger partial charge in [-0.25, -0.2) is 9.97 Å². The Labute approximate surface area is 198 Å². The first-order valence-electron chi connectivity index (χ1n) is 11.3. The van der Waals surface area contributed by atoms with Crippen LogP contribution in [0.1, 0.15) is 24.2 Å². The third-order valence-electron chi connectivity index (χ3n) is 6.78. The smallest absolute Gasteiger partial charge is 0.252 e. The van der Waals surface area contributed by atoms with E-state index in [1.165, 1.54) is 0 Å². The van der Waals surface area contributed by atoms with Gasteiger partial charge in [0.1, 0.15) is 17.0 Å². The molecule has 0 saturated carbocycles. The van der Waals surface area contributed by atoms with Crippen LogP contribution in [0.15, 0.2) is 30.7 Å². The van der Waals surface area contributed by atoms with Crippen molar-refractivity contribution in [3.8, 4) is 11.4 Å². The largest absolute Gasteiger partial charge is 0.494 e. The first-order valence-corrected chi connectivity index (χ1v) is 11.3. The fraction of sp³-hybridized carbons (Fsp3) is 0.417. The maximum Gasteiger partial charge on any atom is 0.252 e. The molecule has 0 atom stereocenters. The van der Waals surface area contributed by atoms with Crippen molar-refractivity contribution in [2.75, 3.05) is 49.5 Å². The summed E-state index contributed by atoms with van der Waals surface area (Å²) in [6.07, 6.45) is 4.96. The molecule has 178 valence electrons. The van der Waals surface area contributed by atoms with Crippen LogP contribution in [0.3, 0.4) is 0 Å². The van der Waals surface area contributed by atoms with Gasteiger partial charge in [0.2, 0.25) is 5.95 Å². The summed E-state index contributed by atoms with van der Waals surface area (Å²) in [4.78, 5) is 30.9. The summed E-state index contributed by atoms with van der Waals surface area (Å²) < 4.78 is 13.1. The number of likely N-dealkylation sites (N-methyl/N-ethyl adjacent to an activating group) is 2. The first-order chi connectivity index (χ1) is 16.3. The zero-order valence-corrected chi connectivity index (χ0v) is 20.1. The lowest BCUT2D eigenvalue weighted by atomic mass is 9.84. The van der Waals surface area contributed by atoms with Crippen LogP contribution in [0.25, 0.3) is 5.69 Å². The van der Waals surface area contributed by atoms with E-state index in [1.807, 2.05) is 54.8 Å². The molecule has 0 bridgehead atoms. The van der Waals surface area contributed by atoms with Crippen LogP contribution in [-0.4, -0.2) is 65.4 Å². The second-order valence-electron chi connectivity index (χ2n) is 8.81. The van der Waals surface area contributed by atoms with Crippen molar-refractivity contribution in [3.63, 3.8) is 0 Å². The third kappa shape index (κ3) is 3.45. The molecule has 34 heavy (non-hydrogen) atoms. The number of carbonyl (C=O) groups is 1. The summed E-state index contributed by atoms with van der Waals surface area (Å²) in [5.74, 6) is 1.95. The van der Waals surface area contributed by atoms with Gasteiger partial charge < -0.3 is 29.2 Å². The molecule has 1 amide bonds. The third-order valence-corrected chi connectivity index (χ3v) is 6.78. The van der Waals surface area contributed by atoms with E-state index in [9.17, 15) is 4.79 Å². The Bertz CT molecular complexity index is 1250. The number of nitrogens with zero attached hydrogens (tertiary/aromatic N) is 6. The number of fused-ring (bicyclic) bond motifs is 1. The molecule has 1 saturated heterocycles. The molecule has 1 spiro atoms. The summed E-state index contributed by atoms with van der Waals surface area (Å²) in [7, 11) is 5.38. The van der Waals surface area contributed by atoms with Gasteiger partial charge >= 0.3 is 0 Å². The van der Waals surface area contributed by atoms with E-state index in [-0.39, 0.29) is 5.91 Å². The number of aryl methyl sites for hydroxylation is 2. The van der Waals surface area contributed by atoms with Crippen LogP contribution < -0.4 is 19.9 Å². The van der Waals surface area contributed by atoms with E-state index in [0.29, 0.717) is 37.8 Å². The molecule has 10 heteroatoms. The van der Waals surface area contributed by atoms with Gasteiger partial charge in [-0.3, -0.25) is 4.79 Å². The van der Waals surface area contributed by atoms with Gasteiger partial charge in [0, 0.05) is 58.1 Å².